The molecule has 0 saturated heterocycles. The smallest absolute Gasteiger partial charge is 0.322 e. The molecule has 2 unspecified atom stereocenters. The molecule has 1 aliphatic carbocycles. The second-order valence-electron chi connectivity index (χ2n) is 7.75. The third kappa shape index (κ3) is 2.96. The van der Waals surface area contributed by atoms with Crippen molar-refractivity contribution < 1.29 is 4.79 Å². The number of hydrogen-bond acceptors (Lipinski definition) is 3. The van der Waals surface area contributed by atoms with E-state index in [0.29, 0.717) is 6.54 Å². The predicted molar refractivity (Wildman–Crippen MR) is 106 cm³/mol. The van der Waals surface area contributed by atoms with Gasteiger partial charge in [0.25, 0.3) is 0 Å². The first-order valence-electron chi connectivity index (χ1n) is 9.87. The SMILES string of the molecule is Cc1[nH]nc2c1CCC(NC(=O)N1CC(n3cccn3)Cc3ccccc31)C2. The number of carbonyl (C=O) groups is 1. The number of nitrogens with one attached hydrogen (secondary N) is 2. The van der Waals surface area contributed by atoms with Crippen LogP contribution in [0.4, 0.5) is 10.5 Å². The molecule has 28 heavy (non-hydrogen) atoms. The second-order valence-corrected chi connectivity index (χ2v) is 7.75. The Morgan fingerprint density at radius 3 is 3.00 bits per heavy atom. The molecule has 0 fully saturated rings. The van der Waals surface area contributed by atoms with E-state index < -0.39 is 0 Å². The van der Waals surface area contributed by atoms with Crippen molar-refractivity contribution in [3.05, 3.63) is 65.2 Å². The average molecular weight is 376 g/mol. The first-order chi connectivity index (χ1) is 13.7. The van der Waals surface area contributed by atoms with E-state index in [2.05, 4.69) is 33.6 Å². The van der Waals surface area contributed by atoms with Crippen molar-refractivity contribution in [2.75, 3.05) is 11.4 Å². The lowest BCUT2D eigenvalue weighted by Gasteiger charge is -2.36. The van der Waals surface area contributed by atoms with Crippen LogP contribution in [0.3, 0.4) is 0 Å². The standard InChI is InChI=1S/C21H24N6O/c1-14-18-8-7-16(12-19(18)25-24-14)23-21(28)26-13-17(27-10-4-9-22-27)11-15-5-2-3-6-20(15)26/h2-6,9-10,16-17H,7-8,11-13H2,1H3,(H,23,28)(H,24,25). The summed E-state index contributed by atoms with van der Waals surface area (Å²) in [7, 11) is 0. The van der Waals surface area contributed by atoms with Crippen LogP contribution in [-0.4, -0.2) is 38.6 Å². The van der Waals surface area contributed by atoms with Crippen molar-refractivity contribution in [2.24, 2.45) is 0 Å². The van der Waals surface area contributed by atoms with Gasteiger partial charge in [0, 0.05) is 36.2 Å². The molecule has 144 valence electrons. The van der Waals surface area contributed by atoms with Gasteiger partial charge < -0.3 is 5.32 Å². The second kappa shape index (κ2) is 6.82. The third-order valence-electron chi connectivity index (χ3n) is 5.95. The maximum atomic E-state index is 13.2. The Morgan fingerprint density at radius 2 is 2.14 bits per heavy atom. The van der Waals surface area contributed by atoms with Gasteiger partial charge in [0.2, 0.25) is 0 Å². The van der Waals surface area contributed by atoms with E-state index >= 15 is 0 Å². The Bertz CT molecular complexity index is 992. The molecule has 2 aromatic heterocycles. The molecule has 3 aromatic rings. The van der Waals surface area contributed by atoms with Crippen molar-refractivity contribution in [3.8, 4) is 0 Å². The van der Waals surface area contributed by atoms with Crippen molar-refractivity contribution in [2.45, 2.75) is 44.7 Å². The van der Waals surface area contributed by atoms with Gasteiger partial charge in [-0.25, -0.2) is 4.79 Å². The Hall–Kier alpha value is -3.09. The van der Waals surface area contributed by atoms with Crippen LogP contribution in [0.15, 0.2) is 42.7 Å². The van der Waals surface area contributed by atoms with E-state index in [1.807, 2.05) is 40.0 Å². The number of rotatable bonds is 2. The largest absolute Gasteiger partial charge is 0.335 e. The zero-order valence-electron chi connectivity index (χ0n) is 15.9. The fourth-order valence-electron chi connectivity index (χ4n) is 4.47. The van der Waals surface area contributed by atoms with Crippen LogP contribution in [0.5, 0.6) is 0 Å². The quantitative estimate of drug-likeness (QED) is 0.722. The molecule has 0 saturated carbocycles. The summed E-state index contributed by atoms with van der Waals surface area (Å²) >= 11 is 0. The Kier molecular flexibility index (Phi) is 4.15. The number of urea groups is 1. The van der Waals surface area contributed by atoms with Gasteiger partial charge in [0.05, 0.1) is 18.3 Å². The van der Waals surface area contributed by atoms with Gasteiger partial charge in [-0.1, -0.05) is 18.2 Å². The van der Waals surface area contributed by atoms with Crippen LogP contribution >= 0.6 is 0 Å². The van der Waals surface area contributed by atoms with Gasteiger partial charge in [0.15, 0.2) is 0 Å². The highest BCUT2D eigenvalue weighted by Crippen LogP contribution is 2.32. The molecule has 0 bridgehead atoms. The number of aromatic nitrogens is 4. The number of anilines is 1. The highest BCUT2D eigenvalue weighted by Gasteiger charge is 2.31. The lowest BCUT2D eigenvalue weighted by molar-refractivity contribution is 0.238. The number of aryl methyl sites for hydroxylation is 1. The van der Waals surface area contributed by atoms with Crippen LogP contribution in [0.1, 0.15) is 35.0 Å². The molecular formula is C21H24N6O. The van der Waals surface area contributed by atoms with E-state index in [-0.39, 0.29) is 18.1 Å². The van der Waals surface area contributed by atoms with E-state index in [4.69, 9.17) is 0 Å². The predicted octanol–water partition coefficient (Wildman–Crippen LogP) is 2.79. The average Bonchev–Trinajstić information content (AvgIpc) is 3.37. The molecule has 0 spiro atoms. The maximum absolute atomic E-state index is 13.2. The van der Waals surface area contributed by atoms with Crippen molar-refractivity contribution in [3.63, 3.8) is 0 Å². The highest BCUT2D eigenvalue weighted by atomic mass is 16.2. The van der Waals surface area contributed by atoms with Crippen LogP contribution in [0.25, 0.3) is 0 Å². The van der Waals surface area contributed by atoms with Crippen LogP contribution < -0.4 is 10.2 Å². The Morgan fingerprint density at radius 1 is 1.25 bits per heavy atom. The summed E-state index contributed by atoms with van der Waals surface area (Å²) in [6, 6.07) is 10.3. The molecule has 3 heterocycles. The van der Waals surface area contributed by atoms with Gasteiger partial charge >= 0.3 is 6.03 Å². The zero-order chi connectivity index (χ0) is 19.1. The first kappa shape index (κ1) is 17.0. The van der Waals surface area contributed by atoms with Gasteiger partial charge in [-0.05, 0) is 49.4 Å². The molecule has 2 atom stereocenters. The summed E-state index contributed by atoms with van der Waals surface area (Å²) in [5.41, 5.74) is 5.72. The number of nitrogens with zero attached hydrogens (tertiary/aromatic N) is 4. The lowest BCUT2D eigenvalue weighted by Crippen LogP contribution is -2.50. The number of carbonyl (C=O) groups excluding carboxylic acids is 1. The minimum atomic E-state index is -0.0370. The van der Waals surface area contributed by atoms with E-state index in [0.717, 1.165) is 42.8 Å². The fourth-order valence-corrected chi connectivity index (χ4v) is 4.47. The number of H-pyrrole nitrogens is 1. The maximum Gasteiger partial charge on any atom is 0.322 e. The highest BCUT2D eigenvalue weighted by molar-refractivity contribution is 5.93. The van der Waals surface area contributed by atoms with Gasteiger partial charge in [-0.15, -0.1) is 0 Å². The van der Waals surface area contributed by atoms with Crippen LogP contribution in [0.2, 0.25) is 0 Å². The first-order valence-corrected chi connectivity index (χ1v) is 9.87. The third-order valence-corrected chi connectivity index (χ3v) is 5.95. The minimum Gasteiger partial charge on any atom is -0.335 e. The number of benzene rings is 1. The molecule has 7 heteroatoms. The molecular weight excluding hydrogens is 352 g/mol. The van der Waals surface area contributed by atoms with Gasteiger partial charge in [-0.2, -0.15) is 10.2 Å². The topological polar surface area (TPSA) is 78.8 Å². The zero-order valence-corrected chi connectivity index (χ0v) is 15.9. The summed E-state index contributed by atoms with van der Waals surface area (Å²) < 4.78 is 1.95. The van der Waals surface area contributed by atoms with E-state index in [9.17, 15) is 4.79 Å². The number of hydrogen-bond donors (Lipinski definition) is 2. The monoisotopic (exact) mass is 376 g/mol. The van der Waals surface area contributed by atoms with E-state index in [1.165, 1.54) is 11.1 Å². The molecule has 2 amide bonds. The lowest BCUT2D eigenvalue weighted by atomic mass is 9.92. The molecule has 1 aliphatic heterocycles. The Labute approximate surface area is 163 Å². The molecule has 7 nitrogen and oxygen atoms in total. The molecule has 1 aromatic carbocycles. The van der Waals surface area contributed by atoms with Gasteiger partial charge in [-0.3, -0.25) is 14.7 Å². The van der Waals surface area contributed by atoms with E-state index in [1.54, 1.807) is 6.20 Å². The normalized spacial score (nSPS) is 21.1. The summed E-state index contributed by atoms with van der Waals surface area (Å²) in [4.78, 5) is 15.1. The summed E-state index contributed by atoms with van der Waals surface area (Å²) in [5, 5.41) is 15.1. The van der Waals surface area contributed by atoms with Crippen molar-refractivity contribution >= 4 is 11.7 Å². The van der Waals surface area contributed by atoms with Crippen molar-refractivity contribution in [1.29, 1.82) is 0 Å². The van der Waals surface area contributed by atoms with Crippen LogP contribution in [-0.2, 0) is 19.3 Å². The Balaban J connectivity index is 1.36. The number of amides is 2. The molecule has 0 radical (unpaired) electrons. The summed E-state index contributed by atoms with van der Waals surface area (Å²) in [5.74, 6) is 0. The van der Waals surface area contributed by atoms with Gasteiger partial charge in [0.1, 0.15) is 0 Å². The summed E-state index contributed by atoms with van der Waals surface area (Å²) in [6.07, 6.45) is 7.31. The number of aromatic amines is 1. The molecule has 2 aliphatic rings. The number of para-hydroxylation sites is 1. The summed E-state index contributed by atoms with van der Waals surface area (Å²) in [6.45, 7) is 2.68. The van der Waals surface area contributed by atoms with Crippen LogP contribution in [0, 0.1) is 6.92 Å². The van der Waals surface area contributed by atoms with Crippen molar-refractivity contribution in [1.82, 2.24) is 25.3 Å². The fraction of sp³-hybridized carbons (Fsp3) is 0.381. The number of fused-ring (bicyclic) bond motifs is 2. The minimum absolute atomic E-state index is 0.0370. The molecule has 2 N–H and O–H groups in total. The molecule has 5 rings (SSSR count).